The number of anilines is 1. The smallest absolute Gasteiger partial charge is 0.407 e. The van der Waals surface area contributed by atoms with Gasteiger partial charge in [0.25, 0.3) is 0 Å². The molecule has 0 aromatic carbocycles. The second-order valence-electron chi connectivity index (χ2n) is 6.33. The fourth-order valence-electron chi connectivity index (χ4n) is 2.37. The summed E-state index contributed by atoms with van der Waals surface area (Å²) in [4.78, 5) is 17.9. The molecule has 2 heterocycles. The molecule has 1 fully saturated rings. The van der Waals surface area contributed by atoms with Gasteiger partial charge in [0.2, 0.25) is 0 Å². The van der Waals surface area contributed by atoms with Gasteiger partial charge in [-0.1, -0.05) is 0 Å². The molecule has 116 valence electrons. The molecule has 1 aromatic heterocycles. The summed E-state index contributed by atoms with van der Waals surface area (Å²) in [5.41, 5.74) is -0.481. The summed E-state index contributed by atoms with van der Waals surface area (Å²) in [6.45, 7) is 7.68. The van der Waals surface area contributed by atoms with Crippen molar-refractivity contribution in [3.63, 3.8) is 0 Å². The SMILES string of the molecule is CC(C)(C)OC(=O)NC[C@H]1CCN(c2ncccc2O)C1. The summed E-state index contributed by atoms with van der Waals surface area (Å²) in [6, 6.07) is 3.34. The van der Waals surface area contributed by atoms with Crippen LogP contribution in [0, 0.1) is 5.92 Å². The number of aromatic hydroxyl groups is 1. The van der Waals surface area contributed by atoms with Gasteiger partial charge >= 0.3 is 6.09 Å². The van der Waals surface area contributed by atoms with Crippen LogP contribution in [0.5, 0.6) is 5.75 Å². The quantitative estimate of drug-likeness (QED) is 0.893. The van der Waals surface area contributed by atoms with Gasteiger partial charge in [-0.3, -0.25) is 0 Å². The molecule has 1 aliphatic heterocycles. The minimum atomic E-state index is -0.481. The van der Waals surface area contributed by atoms with Crippen LogP contribution in [0.1, 0.15) is 27.2 Å². The predicted molar refractivity (Wildman–Crippen MR) is 80.5 cm³/mol. The van der Waals surface area contributed by atoms with Crippen LogP contribution in [0.2, 0.25) is 0 Å². The summed E-state index contributed by atoms with van der Waals surface area (Å²) >= 11 is 0. The highest BCUT2D eigenvalue weighted by Gasteiger charge is 2.26. The first-order valence-electron chi connectivity index (χ1n) is 7.21. The molecule has 0 bridgehead atoms. The van der Waals surface area contributed by atoms with Gasteiger partial charge in [-0.05, 0) is 45.2 Å². The number of carbonyl (C=O) groups is 1. The van der Waals surface area contributed by atoms with Crippen LogP contribution < -0.4 is 10.2 Å². The first-order valence-corrected chi connectivity index (χ1v) is 7.21. The number of aromatic nitrogens is 1. The predicted octanol–water partition coefficient (Wildman–Crippen LogP) is 2.14. The molecule has 0 aliphatic carbocycles. The Kier molecular flexibility index (Phi) is 4.55. The molecule has 6 heteroatoms. The number of ether oxygens (including phenoxy) is 1. The van der Waals surface area contributed by atoms with Crippen molar-refractivity contribution < 1.29 is 14.6 Å². The van der Waals surface area contributed by atoms with E-state index in [4.69, 9.17) is 4.74 Å². The third kappa shape index (κ3) is 4.51. The van der Waals surface area contributed by atoms with E-state index in [0.717, 1.165) is 19.5 Å². The molecule has 1 atom stereocenters. The third-order valence-electron chi connectivity index (χ3n) is 3.29. The summed E-state index contributed by atoms with van der Waals surface area (Å²) in [6.07, 6.45) is 2.23. The maximum Gasteiger partial charge on any atom is 0.407 e. The van der Waals surface area contributed by atoms with Crippen molar-refractivity contribution in [3.8, 4) is 5.75 Å². The second kappa shape index (κ2) is 6.20. The van der Waals surface area contributed by atoms with Crippen molar-refractivity contribution in [2.45, 2.75) is 32.8 Å². The van der Waals surface area contributed by atoms with E-state index in [1.807, 2.05) is 25.7 Å². The first-order chi connectivity index (χ1) is 9.85. The number of pyridine rings is 1. The Morgan fingerprint density at radius 2 is 2.33 bits per heavy atom. The summed E-state index contributed by atoms with van der Waals surface area (Å²) in [5, 5.41) is 12.6. The molecule has 1 aromatic rings. The van der Waals surface area contributed by atoms with Crippen LogP contribution >= 0.6 is 0 Å². The molecule has 21 heavy (non-hydrogen) atoms. The van der Waals surface area contributed by atoms with Gasteiger partial charge in [-0.2, -0.15) is 0 Å². The lowest BCUT2D eigenvalue weighted by Crippen LogP contribution is -2.36. The van der Waals surface area contributed by atoms with Crippen molar-refractivity contribution >= 4 is 11.9 Å². The third-order valence-corrected chi connectivity index (χ3v) is 3.29. The minimum absolute atomic E-state index is 0.193. The van der Waals surface area contributed by atoms with E-state index >= 15 is 0 Å². The van der Waals surface area contributed by atoms with Crippen LogP contribution in [0.15, 0.2) is 18.3 Å². The van der Waals surface area contributed by atoms with Crippen LogP contribution in [-0.2, 0) is 4.74 Å². The molecule has 2 rings (SSSR count). The average Bonchev–Trinajstić information content (AvgIpc) is 2.83. The van der Waals surface area contributed by atoms with E-state index in [1.54, 1.807) is 18.3 Å². The van der Waals surface area contributed by atoms with Crippen LogP contribution in [0.3, 0.4) is 0 Å². The zero-order valence-electron chi connectivity index (χ0n) is 12.8. The zero-order chi connectivity index (χ0) is 15.5. The number of rotatable bonds is 3. The average molecular weight is 293 g/mol. The molecule has 1 amide bonds. The van der Waals surface area contributed by atoms with E-state index in [9.17, 15) is 9.90 Å². The Morgan fingerprint density at radius 3 is 3.00 bits per heavy atom. The van der Waals surface area contributed by atoms with Gasteiger partial charge in [0.05, 0.1) is 0 Å². The van der Waals surface area contributed by atoms with Gasteiger partial charge < -0.3 is 20.1 Å². The second-order valence-corrected chi connectivity index (χ2v) is 6.33. The Hall–Kier alpha value is -1.98. The molecular weight excluding hydrogens is 270 g/mol. The number of alkyl carbamates (subject to hydrolysis) is 1. The monoisotopic (exact) mass is 293 g/mol. The molecule has 0 unspecified atom stereocenters. The Balaban J connectivity index is 1.81. The van der Waals surface area contributed by atoms with Crippen LogP contribution in [0.25, 0.3) is 0 Å². The van der Waals surface area contributed by atoms with Gasteiger partial charge in [0, 0.05) is 25.8 Å². The Bertz CT molecular complexity index is 499. The summed E-state index contributed by atoms with van der Waals surface area (Å²) < 4.78 is 5.21. The molecule has 1 saturated heterocycles. The topological polar surface area (TPSA) is 74.7 Å². The van der Waals surface area contributed by atoms with Gasteiger partial charge in [-0.25, -0.2) is 9.78 Å². The molecule has 0 spiro atoms. The van der Waals surface area contributed by atoms with E-state index in [-0.39, 0.29) is 11.8 Å². The van der Waals surface area contributed by atoms with E-state index < -0.39 is 5.60 Å². The van der Waals surface area contributed by atoms with Crippen molar-refractivity contribution in [3.05, 3.63) is 18.3 Å². The number of carbonyl (C=O) groups excluding carboxylic acids is 1. The maximum atomic E-state index is 11.6. The fraction of sp³-hybridized carbons (Fsp3) is 0.600. The van der Waals surface area contributed by atoms with E-state index in [0.29, 0.717) is 18.3 Å². The molecule has 2 N–H and O–H groups in total. The largest absolute Gasteiger partial charge is 0.504 e. The lowest BCUT2D eigenvalue weighted by molar-refractivity contribution is 0.0520. The number of hydrogen-bond donors (Lipinski definition) is 2. The van der Waals surface area contributed by atoms with Gasteiger partial charge in [0.1, 0.15) is 5.60 Å². The van der Waals surface area contributed by atoms with Crippen LogP contribution in [-0.4, -0.2) is 41.4 Å². The summed E-state index contributed by atoms with van der Waals surface area (Å²) in [7, 11) is 0. The minimum Gasteiger partial charge on any atom is -0.504 e. The highest BCUT2D eigenvalue weighted by Crippen LogP contribution is 2.28. The maximum absolute atomic E-state index is 11.6. The van der Waals surface area contributed by atoms with Crippen molar-refractivity contribution in [1.82, 2.24) is 10.3 Å². The van der Waals surface area contributed by atoms with Crippen LogP contribution in [0.4, 0.5) is 10.6 Å². The fourth-order valence-corrected chi connectivity index (χ4v) is 2.37. The van der Waals surface area contributed by atoms with Crippen molar-refractivity contribution in [1.29, 1.82) is 0 Å². The summed E-state index contributed by atoms with van der Waals surface area (Å²) in [5.74, 6) is 1.13. The van der Waals surface area contributed by atoms with E-state index in [1.165, 1.54) is 0 Å². The zero-order valence-corrected chi connectivity index (χ0v) is 12.8. The number of amides is 1. The van der Waals surface area contributed by atoms with Crippen molar-refractivity contribution in [2.75, 3.05) is 24.5 Å². The number of nitrogens with zero attached hydrogens (tertiary/aromatic N) is 2. The lowest BCUT2D eigenvalue weighted by Gasteiger charge is -2.21. The normalized spacial score (nSPS) is 18.6. The highest BCUT2D eigenvalue weighted by atomic mass is 16.6. The van der Waals surface area contributed by atoms with Crippen molar-refractivity contribution in [2.24, 2.45) is 5.92 Å². The number of nitrogens with one attached hydrogen (secondary N) is 1. The molecule has 0 radical (unpaired) electrons. The first kappa shape index (κ1) is 15.4. The standard InChI is InChI=1S/C15H23N3O3/c1-15(2,3)21-14(20)17-9-11-6-8-18(10-11)13-12(19)5-4-7-16-13/h4-5,7,11,19H,6,8-10H2,1-3H3,(H,17,20)/t11-/m1/s1. The number of hydrogen-bond acceptors (Lipinski definition) is 5. The lowest BCUT2D eigenvalue weighted by atomic mass is 10.1. The molecule has 1 aliphatic rings. The van der Waals surface area contributed by atoms with E-state index in [2.05, 4.69) is 10.3 Å². The van der Waals surface area contributed by atoms with Gasteiger partial charge in [0.15, 0.2) is 11.6 Å². The molecular formula is C15H23N3O3. The molecule has 0 saturated carbocycles. The Morgan fingerprint density at radius 1 is 1.57 bits per heavy atom. The van der Waals surface area contributed by atoms with Gasteiger partial charge in [-0.15, -0.1) is 0 Å². The molecule has 6 nitrogen and oxygen atoms in total. The Labute approximate surface area is 125 Å². The highest BCUT2D eigenvalue weighted by molar-refractivity contribution is 5.67.